The summed E-state index contributed by atoms with van der Waals surface area (Å²) in [4.78, 5) is 18.6. The van der Waals surface area contributed by atoms with Gasteiger partial charge in [-0.05, 0) is 13.0 Å². The van der Waals surface area contributed by atoms with Crippen LogP contribution in [0.25, 0.3) is 0 Å². The van der Waals surface area contributed by atoms with Gasteiger partial charge in [0.1, 0.15) is 5.69 Å². The Bertz CT molecular complexity index is 478. The molecule has 0 spiro atoms. The third-order valence-electron chi connectivity index (χ3n) is 2.86. The van der Waals surface area contributed by atoms with Gasteiger partial charge in [-0.1, -0.05) is 6.92 Å². The van der Waals surface area contributed by atoms with E-state index in [9.17, 15) is 18.0 Å². The van der Waals surface area contributed by atoms with Gasteiger partial charge in [0.25, 0.3) is 0 Å². The van der Waals surface area contributed by atoms with Crippen LogP contribution in [0.4, 0.5) is 19.1 Å². The van der Waals surface area contributed by atoms with Gasteiger partial charge >= 0.3 is 6.18 Å². The molecular formula is C12H18F3N5O. The zero-order valence-electron chi connectivity index (χ0n) is 11.7. The highest BCUT2D eigenvalue weighted by Crippen LogP contribution is 2.27. The quantitative estimate of drug-likeness (QED) is 0.682. The molecule has 0 aromatic carbocycles. The maximum atomic E-state index is 12.4. The number of carbonyl (C=O) groups is 1. The van der Waals surface area contributed by atoms with Crippen LogP contribution in [-0.4, -0.2) is 35.0 Å². The largest absolute Gasteiger partial charge is 0.433 e. The predicted molar refractivity (Wildman–Crippen MR) is 71.3 cm³/mol. The molecule has 1 amide bonds. The first-order chi connectivity index (χ1) is 9.71. The van der Waals surface area contributed by atoms with Crippen LogP contribution in [0.1, 0.15) is 19.5 Å². The lowest BCUT2D eigenvalue weighted by Gasteiger charge is -2.15. The van der Waals surface area contributed by atoms with Crippen molar-refractivity contribution in [2.24, 2.45) is 11.7 Å². The van der Waals surface area contributed by atoms with Crippen LogP contribution in [0.3, 0.4) is 0 Å². The monoisotopic (exact) mass is 305 g/mol. The highest BCUT2D eigenvalue weighted by Gasteiger charge is 2.32. The molecule has 2 atom stereocenters. The number of nitrogens with zero attached hydrogens (tertiary/aromatic N) is 2. The molecule has 0 saturated heterocycles. The number of halogens is 3. The number of anilines is 1. The Kier molecular flexibility index (Phi) is 5.89. The first-order valence-electron chi connectivity index (χ1n) is 6.39. The van der Waals surface area contributed by atoms with E-state index >= 15 is 0 Å². The maximum Gasteiger partial charge on any atom is 0.433 e. The van der Waals surface area contributed by atoms with Crippen molar-refractivity contribution in [1.82, 2.24) is 15.3 Å². The Morgan fingerprint density at radius 2 is 2.05 bits per heavy atom. The summed E-state index contributed by atoms with van der Waals surface area (Å²) in [7, 11) is 0. The number of alkyl halides is 3. The third kappa shape index (κ3) is 5.54. The van der Waals surface area contributed by atoms with Gasteiger partial charge in [-0.3, -0.25) is 4.79 Å². The van der Waals surface area contributed by atoms with Gasteiger partial charge in [0, 0.05) is 31.2 Å². The van der Waals surface area contributed by atoms with Crippen molar-refractivity contribution < 1.29 is 18.0 Å². The SMILES string of the molecule is CC(N)C(C)C(=O)NCCNc1nccc(C(F)(F)F)n1. The van der Waals surface area contributed by atoms with Gasteiger partial charge in [-0.2, -0.15) is 13.2 Å². The second-order valence-corrected chi connectivity index (χ2v) is 4.63. The number of hydrogen-bond donors (Lipinski definition) is 3. The van der Waals surface area contributed by atoms with Crippen LogP contribution in [0.2, 0.25) is 0 Å². The van der Waals surface area contributed by atoms with Crippen molar-refractivity contribution in [3.8, 4) is 0 Å². The number of amides is 1. The van der Waals surface area contributed by atoms with Gasteiger partial charge in [-0.15, -0.1) is 0 Å². The van der Waals surface area contributed by atoms with Crippen LogP contribution in [0.15, 0.2) is 12.3 Å². The summed E-state index contributed by atoms with van der Waals surface area (Å²) in [5, 5.41) is 5.23. The van der Waals surface area contributed by atoms with Crippen molar-refractivity contribution in [3.05, 3.63) is 18.0 Å². The summed E-state index contributed by atoms with van der Waals surface area (Å²) >= 11 is 0. The zero-order chi connectivity index (χ0) is 16.0. The molecule has 0 saturated carbocycles. The lowest BCUT2D eigenvalue weighted by molar-refractivity contribution is -0.141. The van der Waals surface area contributed by atoms with Crippen molar-refractivity contribution >= 4 is 11.9 Å². The van der Waals surface area contributed by atoms with Gasteiger partial charge in [0.05, 0.1) is 0 Å². The minimum Gasteiger partial charge on any atom is -0.354 e. The van der Waals surface area contributed by atoms with Crippen LogP contribution >= 0.6 is 0 Å². The average molecular weight is 305 g/mol. The first-order valence-corrected chi connectivity index (χ1v) is 6.39. The number of nitrogens with one attached hydrogen (secondary N) is 2. The maximum absolute atomic E-state index is 12.4. The molecule has 9 heteroatoms. The van der Waals surface area contributed by atoms with Crippen molar-refractivity contribution in [3.63, 3.8) is 0 Å². The summed E-state index contributed by atoms with van der Waals surface area (Å²) in [5.74, 6) is -0.689. The molecule has 0 fully saturated rings. The molecule has 1 heterocycles. The van der Waals surface area contributed by atoms with Gasteiger partial charge in [0.15, 0.2) is 0 Å². The van der Waals surface area contributed by atoms with Crippen molar-refractivity contribution in [1.29, 1.82) is 0 Å². The minimum atomic E-state index is -4.51. The van der Waals surface area contributed by atoms with E-state index in [-0.39, 0.29) is 36.9 Å². The standard InChI is InChI=1S/C12H18F3N5O/c1-7(8(2)16)10(21)17-5-6-19-11-18-4-3-9(20-11)12(13,14)15/h3-4,7-8H,5-6,16H2,1-2H3,(H,17,21)(H,18,19,20). The van der Waals surface area contributed by atoms with E-state index in [1.807, 2.05) is 0 Å². The predicted octanol–water partition coefficient (Wildman–Crippen LogP) is 1.01. The van der Waals surface area contributed by atoms with E-state index in [2.05, 4.69) is 20.6 Å². The Hall–Kier alpha value is -1.90. The zero-order valence-corrected chi connectivity index (χ0v) is 11.7. The second-order valence-electron chi connectivity index (χ2n) is 4.63. The molecule has 0 radical (unpaired) electrons. The summed E-state index contributed by atoms with van der Waals surface area (Å²) in [6.45, 7) is 3.86. The van der Waals surface area contributed by atoms with Crippen LogP contribution in [-0.2, 0) is 11.0 Å². The number of hydrogen-bond acceptors (Lipinski definition) is 5. The lowest BCUT2D eigenvalue weighted by Crippen LogP contribution is -2.40. The molecule has 2 unspecified atom stereocenters. The number of nitrogens with two attached hydrogens (primary N) is 1. The summed E-state index contributed by atoms with van der Waals surface area (Å²) in [5.41, 5.74) is 4.57. The average Bonchev–Trinajstić information content (AvgIpc) is 2.41. The van der Waals surface area contributed by atoms with E-state index < -0.39 is 11.9 Å². The molecule has 0 bridgehead atoms. The summed E-state index contributed by atoms with van der Waals surface area (Å²) < 4.78 is 37.3. The molecular weight excluding hydrogens is 287 g/mol. The van der Waals surface area contributed by atoms with E-state index in [1.54, 1.807) is 13.8 Å². The molecule has 118 valence electrons. The Balaban J connectivity index is 2.42. The second kappa shape index (κ2) is 7.21. The normalized spacial score (nSPS) is 14.4. The van der Waals surface area contributed by atoms with Gasteiger partial charge in [0.2, 0.25) is 11.9 Å². The molecule has 1 rings (SSSR count). The van der Waals surface area contributed by atoms with Gasteiger partial charge in [-0.25, -0.2) is 9.97 Å². The molecule has 4 N–H and O–H groups in total. The van der Waals surface area contributed by atoms with E-state index in [4.69, 9.17) is 5.73 Å². The Morgan fingerprint density at radius 1 is 1.38 bits per heavy atom. The number of aromatic nitrogens is 2. The smallest absolute Gasteiger partial charge is 0.354 e. The Morgan fingerprint density at radius 3 is 2.62 bits per heavy atom. The fourth-order valence-corrected chi connectivity index (χ4v) is 1.36. The molecule has 21 heavy (non-hydrogen) atoms. The minimum absolute atomic E-state index is 0.140. The molecule has 6 nitrogen and oxygen atoms in total. The van der Waals surface area contributed by atoms with E-state index in [1.165, 1.54) is 0 Å². The highest BCUT2D eigenvalue weighted by molar-refractivity contribution is 5.78. The van der Waals surface area contributed by atoms with Crippen LogP contribution in [0, 0.1) is 5.92 Å². The highest BCUT2D eigenvalue weighted by atomic mass is 19.4. The third-order valence-corrected chi connectivity index (χ3v) is 2.86. The van der Waals surface area contributed by atoms with Crippen molar-refractivity contribution in [2.45, 2.75) is 26.1 Å². The number of rotatable bonds is 6. The molecule has 0 aliphatic carbocycles. The fraction of sp³-hybridized carbons (Fsp3) is 0.583. The summed E-state index contributed by atoms with van der Waals surface area (Å²) in [6.07, 6.45) is -3.49. The Labute approximate surface area is 120 Å². The lowest BCUT2D eigenvalue weighted by atomic mass is 10.0. The molecule has 0 aliphatic rings. The van der Waals surface area contributed by atoms with Gasteiger partial charge < -0.3 is 16.4 Å². The fourth-order valence-electron chi connectivity index (χ4n) is 1.36. The van der Waals surface area contributed by atoms with Crippen LogP contribution < -0.4 is 16.4 Å². The summed E-state index contributed by atoms with van der Waals surface area (Å²) in [6, 6.07) is 0.516. The topological polar surface area (TPSA) is 92.9 Å². The molecule has 1 aromatic rings. The van der Waals surface area contributed by atoms with E-state index in [0.717, 1.165) is 12.3 Å². The molecule has 1 aromatic heterocycles. The number of carbonyl (C=O) groups excluding carboxylic acids is 1. The molecule has 0 aliphatic heterocycles. The van der Waals surface area contributed by atoms with Crippen molar-refractivity contribution in [2.75, 3.05) is 18.4 Å². The first kappa shape index (κ1) is 17.2. The van der Waals surface area contributed by atoms with Crippen LogP contribution in [0.5, 0.6) is 0 Å². The van der Waals surface area contributed by atoms with E-state index in [0.29, 0.717) is 0 Å².